The Kier molecular flexibility index (Phi) is 6.95. The van der Waals surface area contributed by atoms with E-state index in [0.717, 1.165) is 17.9 Å². The molecule has 7 heteroatoms. The zero-order valence-corrected chi connectivity index (χ0v) is 18.2. The molecule has 0 radical (unpaired) electrons. The Bertz CT molecular complexity index is 863. The number of hydrogen-bond acceptors (Lipinski definition) is 7. The summed E-state index contributed by atoms with van der Waals surface area (Å²) in [6, 6.07) is 11.8. The molecule has 162 valence electrons. The van der Waals surface area contributed by atoms with Gasteiger partial charge in [0.1, 0.15) is 12.7 Å². The van der Waals surface area contributed by atoms with Crippen LogP contribution in [0, 0.1) is 11.8 Å². The van der Waals surface area contributed by atoms with Crippen LogP contribution in [0.25, 0.3) is 0 Å². The zero-order chi connectivity index (χ0) is 21.7. The van der Waals surface area contributed by atoms with Crippen LogP contribution in [0.3, 0.4) is 0 Å². The Balaban J connectivity index is 0.000000177. The van der Waals surface area contributed by atoms with Gasteiger partial charge in [-0.3, -0.25) is 0 Å². The smallest absolute Gasteiger partial charge is 0.341 e. The molecule has 4 atom stereocenters. The van der Waals surface area contributed by atoms with Crippen LogP contribution in [0.15, 0.2) is 53.1 Å². The van der Waals surface area contributed by atoms with Gasteiger partial charge in [-0.15, -0.1) is 0 Å². The van der Waals surface area contributed by atoms with E-state index in [-0.39, 0.29) is 18.0 Å². The average molecular weight is 415 g/mol. The van der Waals surface area contributed by atoms with Crippen LogP contribution < -0.4 is 4.74 Å². The van der Waals surface area contributed by atoms with Crippen LogP contribution in [0.5, 0.6) is 5.88 Å². The minimum atomic E-state index is -0.664. The minimum absolute atomic E-state index is 0.0499. The molecule has 0 N–H and O–H groups in total. The van der Waals surface area contributed by atoms with Gasteiger partial charge < -0.3 is 23.6 Å². The number of benzene rings is 1. The molecular weight excluding hydrogens is 384 g/mol. The Morgan fingerprint density at radius 1 is 1.20 bits per heavy atom. The fourth-order valence-electron chi connectivity index (χ4n) is 3.55. The van der Waals surface area contributed by atoms with Gasteiger partial charge in [-0.05, 0) is 30.7 Å². The third kappa shape index (κ3) is 4.91. The third-order valence-electron chi connectivity index (χ3n) is 5.49. The maximum Gasteiger partial charge on any atom is 0.341 e. The molecule has 0 amide bonds. The molecule has 30 heavy (non-hydrogen) atoms. The lowest BCUT2D eigenvalue weighted by atomic mass is 9.77. The van der Waals surface area contributed by atoms with E-state index in [2.05, 4.69) is 18.2 Å². The molecule has 1 saturated heterocycles. The van der Waals surface area contributed by atoms with E-state index in [1.54, 1.807) is 0 Å². The van der Waals surface area contributed by atoms with Gasteiger partial charge in [-0.1, -0.05) is 56.3 Å². The van der Waals surface area contributed by atoms with Gasteiger partial charge in [0, 0.05) is 12.0 Å². The number of aromatic nitrogens is 1. The molecule has 0 bridgehead atoms. The van der Waals surface area contributed by atoms with Gasteiger partial charge in [-0.25, -0.2) is 4.79 Å². The average Bonchev–Trinajstić information content (AvgIpc) is 3.35. The van der Waals surface area contributed by atoms with Gasteiger partial charge in [0.15, 0.2) is 11.4 Å². The van der Waals surface area contributed by atoms with Gasteiger partial charge in [0.05, 0.1) is 13.7 Å². The number of rotatable bonds is 6. The van der Waals surface area contributed by atoms with Crippen molar-refractivity contribution in [2.75, 3.05) is 21.2 Å². The highest BCUT2D eigenvalue weighted by Gasteiger charge is 2.67. The molecule has 7 nitrogen and oxygen atoms in total. The normalized spacial score (nSPS) is 26.4. The van der Waals surface area contributed by atoms with Crippen molar-refractivity contribution in [2.45, 2.75) is 38.7 Å². The number of esters is 1. The van der Waals surface area contributed by atoms with Crippen molar-refractivity contribution >= 4 is 5.97 Å². The first-order valence-corrected chi connectivity index (χ1v) is 10.1. The summed E-state index contributed by atoms with van der Waals surface area (Å²) in [5.41, 5.74) is 0.452. The van der Waals surface area contributed by atoms with E-state index >= 15 is 0 Å². The molecule has 1 fully saturated rings. The SMILES string of the molecule is CN(C)Cc1cc(OCc2ccccc2)no1.COC(=O)[C@]12O[C@H]1C=C[C@@H](C)[C@H]2C. The zero-order valence-electron chi connectivity index (χ0n) is 18.2. The lowest BCUT2D eigenvalue weighted by Crippen LogP contribution is -2.39. The van der Waals surface area contributed by atoms with Gasteiger partial charge >= 0.3 is 5.97 Å². The highest BCUT2D eigenvalue weighted by Crippen LogP contribution is 2.50. The monoisotopic (exact) mass is 414 g/mol. The number of nitrogens with zero attached hydrogens (tertiary/aromatic N) is 2. The molecule has 1 aliphatic heterocycles. The van der Waals surface area contributed by atoms with Crippen LogP contribution in [-0.4, -0.2) is 48.9 Å². The van der Waals surface area contributed by atoms with Gasteiger partial charge in [-0.2, -0.15) is 0 Å². The molecule has 4 rings (SSSR count). The van der Waals surface area contributed by atoms with Crippen LogP contribution in [-0.2, 0) is 27.4 Å². The standard InChI is InChI=1S/C13H16N2O2.C10H14O3/c1-15(2)9-12-8-13(14-17-12)16-10-11-6-4-3-5-7-11;1-6-4-5-8-10(13-8,7(6)2)9(11)12-3/h3-8H,9-10H2,1-2H3;4-8H,1-3H3/t;6-,7-,8+,10-/m.1/s1. The van der Waals surface area contributed by atoms with E-state index in [0.29, 0.717) is 18.4 Å². The summed E-state index contributed by atoms with van der Waals surface area (Å²) >= 11 is 0. The Morgan fingerprint density at radius 2 is 1.93 bits per heavy atom. The second-order valence-electron chi connectivity index (χ2n) is 8.00. The molecule has 0 spiro atoms. The van der Waals surface area contributed by atoms with Crippen molar-refractivity contribution in [1.29, 1.82) is 0 Å². The Labute approximate surface area is 177 Å². The maximum atomic E-state index is 11.5. The molecule has 0 saturated carbocycles. The quantitative estimate of drug-likeness (QED) is 0.407. The largest absolute Gasteiger partial charge is 0.471 e. The van der Waals surface area contributed by atoms with E-state index in [1.807, 2.05) is 68.4 Å². The Hall–Kier alpha value is -2.64. The van der Waals surface area contributed by atoms with E-state index < -0.39 is 5.60 Å². The van der Waals surface area contributed by atoms with Crippen LogP contribution in [0.2, 0.25) is 0 Å². The first kappa shape index (κ1) is 22.1. The topological polar surface area (TPSA) is 77.3 Å². The van der Waals surface area contributed by atoms with Crippen molar-refractivity contribution in [3.63, 3.8) is 0 Å². The number of carbonyl (C=O) groups excluding carboxylic acids is 1. The fraction of sp³-hybridized carbons (Fsp3) is 0.478. The summed E-state index contributed by atoms with van der Waals surface area (Å²) in [5.74, 6) is 1.68. The number of ether oxygens (including phenoxy) is 3. The van der Waals surface area contributed by atoms with Crippen molar-refractivity contribution in [3.8, 4) is 5.88 Å². The molecule has 2 aliphatic rings. The number of methoxy groups -OCH3 is 1. The number of epoxide rings is 1. The summed E-state index contributed by atoms with van der Waals surface area (Å²) in [5, 5.41) is 3.86. The van der Waals surface area contributed by atoms with Crippen LogP contribution in [0.4, 0.5) is 0 Å². The third-order valence-corrected chi connectivity index (χ3v) is 5.49. The van der Waals surface area contributed by atoms with Crippen molar-refractivity contribution in [2.24, 2.45) is 11.8 Å². The molecule has 0 unspecified atom stereocenters. The summed E-state index contributed by atoms with van der Waals surface area (Å²) in [6.07, 6.45) is 4.01. The molecule has 2 heterocycles. The lowest BCUT2D eigenvalue weighted by molar-refractivity contribution is -0.149. The van der Waals surface area contributed by atoms with Crippen molar-refractivity contribution in [1.82, 2.24) is 10.1 Å². The Morgan fingerprint density at radius 3 is 2.60 bits per heavy atom. The summed E-state index contributed by atoms with van der Waals surface area (Å²) in [4.78, 5) is 13.5. The number of hydrogen-bond donors (Lipinski definition) is 0. The van der Waals surface area contributed by atoms with E-state index in [1.165, 1.54) is 7.11 Å². The van der Waals surface area contributed by atoms with Gasteiger partial charge in [0.25, 0.3) is 5.88 Å². The first-order chi connectivity index (χ1) is 14.4. The van der Waals surface area contributed by atoms with E-state index in [9.17, 15) is 4.79 Å². The highest BCUT2D eigenvalue weighted by atomic mass is 16.7. The summed E-state index contributed by atoms with van der Waals surface area (Å²) in [7, 11) is 5.37. The van der Waals surface area contributed by atoms with Crippen molar-refractivity contribution < 1.29 is 23.5 Å². The van der Waals surface area contributed by atoms with Crippen molar-refractivity contribution in [3.05, 3.63) is 59.9 Å². The van der Waals surface area contributed by atoms with Gasteiger partial charge in [0.2, 0.25) is 0 Å². The lowest BCUT2D eigenvalue weighted by Gasteiger charge is -2.24. The second kappa shape index (κ2) is 9.45. The highest BCUT2D eigenvalue weighted by molar-refractivity contribution is 5.85. The number of fused-ring (bicyclic) bond motifs is 1. The molecular formula is C23H30N2O5. The van der Waals surface area contributed by atoms with Crippen LogP contribution in [0.1, 0.15) is 25.2 Å². The number of carbonyl (C=O) groups is 1. The first-order valence-electron chi connectivity index (χ1n) is 10.1. The fourth-order valence-corrected chi connectivity index (χ4v) is 3.55. The summed E-state index contributed by atoms with van der Waals surface area (Å²) in [6.45, 7) is 5.35. The predicted octanol–water partition coefficient (Wildman–Crippen LogP) is 3.45. The summed E-state index contributed by atoms with van der Waals surface area (Å²) < 4.78 is 20.9. The van der Waals surface area contributed by atoms with Crippen LogP contribution >= 0.6 is 0 Å². The molecule has 2 aromatic rings. The predicted molar refractivity (Wildman–Crippen MR) is 112 cm³/mol. The second-order valence-corrected chi connectivity index (χ2v) is 8.00. The molecule has 1 aliphatic carbocycles. The molecule has 1 aromatic heterocycles. The number of allylic oxidation sites excluding steroid dienone is 1. The van der Waals surface area contributed by atoms with E-state index in [4.69, 9.17) is 18.7 Å². The minimum Gasteiger partial charge on any atom is -0.471 e. The maximum absolute atomic E-state index is 11.5. The molecule has 1 aromatic carbocycles.